The van der Waals surface area contributed by atoms with Crippen LogP contribution >= 0.6 is 24.8 Å². The van der Waals surface area contributed by atoms with Crippen LogP contribution in [0.25, 0.3) is 0 Å². The maximum Gasteiger partial charge on any atom is 0.586 e. The van der Waals surface area contributed by atoms with Crippen LogP contribution in [0, 0.1) is 0 Å². The Morgan fingerprint density at radius 2 is 1.83 bits per heavy atom. The van der Waals surface area contributed by atoms with E-state index in [1.165, 1.54) is 0 Å². The van der Waals surface area contributed by atoms with Crippen LogP contribution in [0.2, 0.25) is 0 Å². The number of rotatable bonds is 5. The van der Waals surface area contributed by atoms with Crippen molar-refractivity contribution >= 4 is 24.8 Å². The number of alkyl halides is 2. The van der Waals surface area contributed by atoms with Gasteiger partial charge in [0.05, 0.1) is 0 Å². The number of ether oxygens (including phenoxy) is 2. The molecule has 8 heteroatoms. The minimum Gasteiger partial charge on any atom is -0.395 e. The summed E-state index contributed by atoms with van der Waals surface area (Å²) in [5.74, 6) is 0.252. The Morgan fingerprint density at radius 1 is 1.17 bits per heavy atom. The molecule has 1 saturated heterocycles. The van der Waals surface area contributed by atoms with E-state index < -0.39 is 6.29 Å². The largest absolute Gasteiger partial charge is 0.586 e. The van der Waals surface area contributed by atoms with Crippen LogP contribution < -0.4 is 14.8 Å². The quantitative estimate of drug-likeness (QED) is 0.831. The highest BCUT2D eigenvalue weighted by Crippen LogP contribution is 2.43. The molecular formula is C16H24Cl2F2N2O2. The molecule has 0 unspecified atom stereocenters. The lowest BCUT2D eigenvalue weighted by Gasteiger charge is -2.35. The van der Waals surface area contributed by atoms with E-state index in [1.54, 1.807) is 12.1 Å². The van der Waals surface area contributed by atoms with Crippen LogP contribution in [-0.2, 0) is 0 Å². The predicted octanol–water partition coefficient (Wildman–Crippen LogP) is 3.99. The van der Waals surface area contributed by atoms with Gasteiger partial charge in [0, 0.05) is 32.2 Å². The Bertz CT molecular complexity index is 529. The van der Waals surface area contributed by atoms with E-state index in [4.69, 9.17) is 0 Å². The fourth-order valence-corrected chi connectivity index (χ4v) is 3.12. The molecule has 0 amide bonds. The molecule has 1 atom stereocenters. The Labute approximate surface area is 153 Å². The number of hydrogen-bond donors (Lipinski definition) is 1. The zero-order chi connectivity index (χ0) is 15.6. The number of nitrogens with one attached hydrogen (secondary N) is 1. The summed E-state index contributed by atoms with van der Waals surface area (Å²) in [6, 6.07) is 5.42. The molecule has 0 spiro atoms. The number of unbranched alkanes of at least 4 members (excludes halogenated alkanes) is 1. The number of fused-ring (bicyclic) bond motifs is 1. The molecule has 4 nitrogen and oxygen atoms in total. The fraction of sp³-hybridized carbons (Fsp3) is 0.625. The van der Waals surface area contributed by atoms with Crippen molar-refractivity contribution in [2.24, 2.45) is 0 Å². The van der Waals surface area contributed by atoms with Crippen molar-refractivity contribution in [3.8, 4) is 11.5 Å². The van der Waals surface area contributed by atoms with Crippen molar-refractivity contribution in [1.29, 1.82) is 0 Å². The lowest BCUT2D eigenvalue weighted by atomic mass is 9.98. The average Bonchev–Trinajstić information content (AvgIpc) is 2.82. The molecule has 3 rings (SSSR count). The summed E-state index contributed by atoms with van der Waals surface area (Å²) in [6.07, 6.45) is -0.300. The molecule has 0 bridgehead atoms. The summed E-state index contributed by atoms with van der Waals surface area (Å²) in [4.78, 5) is 2.42. The van der Waals surface area contributed by atoms with E-state index >= 15 is 0 Å². The van der Waals surface area contributed by atoms with Gasteiger partial charge in [-0.25, -0.2) is 0 Å². The maximum atomic E-state index is 13.2. The van der Waals surface area contributed by atoms with Crippen molar-refractivity contribution < 1.29 is 18.3 Å². The van der Waals surface area contributed by atoms with E-state index in [0.29, 0.717) is 0 Å². The smallest absolute Gasteiger partial charge is 0.395 e. The highest BCUT2D eigenvalue weighted by atomic mass is 35.5. The molecule has 2 aliphatic heterocycles. The van der Waals surface area contributed by atoms with Crippen molar-refractivity contribution in [2.45, 2.75) is 38.5 Å². The summed E-state index contributed by atoms with van der Waals surface area (Å²) in [5.41, 5.74) is 1.02. The van der Waals surface area contributed by atoms with E-state index in [-0.39, 0.29) is 42.4 Å². The SMILES string of the molecule is CCCC[C@H](c1ccc2c(c1)OC(F)(F)O2)N1CCNCC1.Cl.Cl. The first kappa shape index (κ1) is 21.2. The maximum absolute atomic E-state index is 13.2. The van der Waals surface area contributed by atoms with Crippen molar-refractivity contribution in [3.05, 3.63) is 23.8 Å². The first-order valence-electron chi connectivity index (χ1n) is 7.93. The van der Waals surface area contributed by atoms with Gasteiger partial charge in [-0.05, 0) is 24.1 Å². The predicted molar refractivity (Wildman–Crippen MR) is 93.8 cm³/mol. The average molecular weight is 385 g/mol. The molecule has 1 aromatic carbocycles. The first-order chi connectivity index (χ1) is 10.6. The number of halogens is 4. The highest BCUT2D eigenvalue weighted by Gasteiger charge is 2.43. The lowest BCUT2D eigenvalue weighted by molar-refractivity contribution is -0.286. The Kier molecular flexibility index (Phi) is 7.99. The molecular weight excluding hydrogens is 361 g/mol. The second-order valence-electron chi connectivity index (χ2n) is 5.82. The summed E-state index contributed by atoms with van der Waals surface area (Å²) in [6.45, 7) is 6.03. The van der Waals surface area contributed by atoms with Gasteiger partial charge in [0.15, 0.2) is 11.5 Å². The zero-order valence-corrected chi connectivity index (χ0v) is 15.2. The number of hydrogen-bond acceptors (Lipinski definition) is 4. The summed E-state index contributed by atoms with van der Waals surface area (Å²) in [5, 5.41) is 3.34. The Morgan fingerprint density at radius 3 is 2.50 bits per heavy atom. The second-order valence-corrected chi connectivity index (χ2v) is 5.82. The molecule has 0 aliphatic carbocycles. The van der Waals surface area contributed by atoms with Crippen molar-refractivity contribution in [1.82, 2.24) is 10.2 Å². The minimum absolute atomic E-state index is 0. The number of nitrogens with zero attached hydrogens (tertiary/aromatic N) is 1. The van der Waals surface area contributed by atoms with Gasteiger partial charge >= 0.3 is 6.29 Å². The summed E-state index contributed by atoms with van der Waals surface area (Å²) < 4.78 is 35.4. The first-order valence-corrected chi connectivity index (χ1v) is 7.93. The van der Waals surface area contributed by atoms with Gasteiger partial charge in [-0.1, -0.05) is 25.8 Å². The third-order valence-corrected chi connectivity index (χ3v) is 4.23. The standard InChI is InChI=1S/C16H22F2N2O2.2ClH/c1-2-3-4-13(20-9-7-19-8-10-20)12-5-6-14-15(11-12)22-16(17,18)21-14;;/h5-6,11,13,19H,2-4,7-10H2,1H3;2*1H/t13-;;/m1../s1. The topological polar surface area (TPSA) is 33.7 Å². The van der Waals surface area contributed by atoms with E-state index in [0.717, 1.165) is 51.0 Å². The van der Waals surface area contributed by atoms with Gasteiger partial charge < -0.3 is 14.8 Å². The van der Waals surface area contributed by atoms with Crippen molar-refractivity contribution in [3.63, 3.8) is 0 Å². The minimum atomic E-state index is -3.55. The molecule has 2 heterocycles. The van der Waals surface area contributed by atoms with E-state index in [1.807, 2.05) is 6.07 Å². The van der Waals surface area contributed by atoms with Gasteiger partial charge in [-0.3, -0.25) is 4.90 Å². The molecule has 2 aliphatic rings. The van der Waals surface area contributed by atoms with Gasteiger partial charge in [0.25, 0.3) is 0 Å². The third kappa shape index (κ3) is 4.85. The molecule has 1 fully saturated rings. The van der Waals surface area contributed by atoms with Gasteiger partial charge in [-0.2, -0.15) is 0 Å². The summed E-state index contributed by atoms with van der Waals surface area (Å²) >= 11 is 0. The summed E-state index contributed by atoms with van der Waals surface area (Å²) in [7, 11) is 0. The van der Waals surface area contributed by atoms with Crippen LogP contribution in [0.15, 0.2) is 18.2 Å². The van der Waals surface area contributed by atoms with Crippen LogP contribution in [-0.4, -0.2) is 37.4 Å². The number of piperazine rings is 1. The van der Waals surface area contributed by atoms with Crippen LogP contribution in [0.1, 0.15) is 37.8 Å². The van der Waals surface area contributed by atoms with E-state index in [2.05, 4.69) is 26.6 Å². The molecule has 0 radical (unpaired) electrons. The highest BCUT2D eigenvalue weighted by molar-refractivity contribution is 5.85. The molecule has 1 aromatic rings. The molecule has 24 heavy (non-hydrogen) atoms. The zero-order valence-electron chi connectivity index (χ0n) is 13.6. The van der Waals surface area contributed by atoms with E-state index in [9.17, 15) is 8.78 Å². The van der Waals surface area contributed by atoms with Crippen LogP contribution in [0.5, 0.6) is 11.5 Å². The third-order valence-electron chi connectivity index (χ3n) is 4.23. The Balaban J connectivity index is 0.00000144. The lowest BCUT2D eigenvalue weighted by Crippen LogP contribution is -2.45. The monoisotopic (exact) mass is 384 g/mol. The molecule has 1 N–H and O–H groups in total. The molecule has 0 aromatic heterocycles. The van der Waals surface area contributed by atoms with Crippen LogP contribution in [0.4, 0.5) is 8.78 Å². The van der Waals surface area contributed by atoms with Crippen LogP contribution in [0.3, 0.4) is 0 Å². The molecule has 0 saturated carbocycles. The van der Waals surface area contributed by atoms with Gasteiger partial charge in [0.1, 0.15) is 0 Å². The Hall–Kier alpha value is -0.820. The molecule has 138 valence electrons. The fourth-order valence-electron chi connectivity index (χ4n) is 3.12. The van der Waals surface area contributed by atoms with Gasteiger partial charge in [-0.15, -0.1) is 33.6 Å². The second kappa shape index (κ2) is 9.04. The normalized spacial score (nSPS) is 20.0. The van der Waals surface area contributed by atoms with Crippen molar-refractivity contribution in [2.75, 3.05) is 26.2 Å². The van der Waals surface area contributed by atoms with Gasteiger partial charge in [0.2, 0.25) is 0 Å². The number of benzene rings is 1.